The number of nitrogens with two attached hydrogens (primary N) is 1. The Hall–Kier alpha value is -1.80. The molecule has 1 saturated heterocycles. The van der Waals surface area contributed by atoms with E-state index in [2.05, 4.69) is 5.32 Å². The minimum absolute atomic E-state index is 0.134. The van der Waals surface area contributed by atoms with Crippen LogP contribution >= 0.6 is 0 Å². The second kappa shape index (κ2) is 8.53. The van der Waals surface area contributed by atoms with Gasteiger partial charge in [-0.05, 0) is 31.4 Å². The molecular formula is C17H27N3O4S. The number of carbonyl (C=O) groups excluding carboxylic acids is 1. The third-order valence-electron chi connectivity index (χ3n) is 4.49. The molecule has 0 aliphatic carbocycles. The molecule has 0 aromatic heterocycles. The van der Waals surface area contributed by atoms with Gasteiger partial charge in [-0.1, -0.05) is 13.3 Å². The van der Waals surface area contributed by atoms with E-state index in [1.165, 1.54) is 4.31 Å². The van der Waals surface area contributed by atoms with Crippen LogP contribution in [0.2, 0.25) is 0 Å². The van der Waals surface area contributed by atoms with E-state index in [1.54, 1.807) is 25.3 Å². The van der Waals surface area contributed by atoms with Gasteiger partial charge in [-0.25, -0.2) is 12.7 Å². The summed E-state index contributed by atoms with van der Waals surface area (Å²) in [4.78, 5) is 12.5. The average Bonchev–Trinajstić information content (AvgIpc) is 2.62. The Morgan fingerprint density at radius 2 is 2.04 bits per heavy atom. The summed E-state index contributed by atoms with van der Waals surface area (Å²) in [6.45, 7) is 2.74. The average molecular weight is 369 g/mol. The van der Waals surface area contributed by atoms with Crippen LogP contribution in [-0.2, 0) is 14.8 Å². The van der Waals surface area contributed by atoms with Crippen LogP contribution in [0, 0.1) is 5.92 Å². The van der Waals surface area contributed by atoms with Crippen LogP contribution < -0.4 is 15.8 Å². The van der Waals surface area contributed by atoms with E-state index in [1.807, 2.05) is 6.92 Å². The van der Waals surface area contributed by atoms with E-state index in [9.17, 15) is 13.2 Å². The Bertz CT molecular complexity index is 698. The molecular weight excluding hydrogens is 342 g/mol. The van der Waals surface area contributed by atoms with Crippen LogP contribution in [0.1, 0.15) is 32.6 Å². The summed E-state index contributed by atoms with van der Waals surface area (Å²) < 4.78 is 31.1. The molecule has 25 heavy (non-hydrogen) atoms. The van der Waals surface area contributed by atoms with Crippen molar-refractivity contribution in [3.63, 3.8) is 0 Å². The van der Waals surface area contributed by atoms with Gasteiger partial charge in [0.25, 0.3) is 0 Å². The third kappa shape index (κ3) is 5.09. The highest BCUT2D eigenvalue weighted by atomic mass is 32.2. The zero-order valence-corrected chi connectivity index (χ0v) is 15.6. The van der Waals surface area contributed by atoms with E-state index in [4.69, 9.17) is 10.5 Å². The van der Waals surface area contributed by atoms with E-state index in [-0.39, 0.29) is 17.6 Å². The van der Waals surface area contributed by atoms with Crippen molar-refractivity contribution >= 4 is 27.3 Å². The van der Waals surface area contributed by atoms with Crippen LogP contribution in [0.25, 0.3) is 0 Å². The second-order valence-electron chi connectivity index (χ2n) is 6.29. The first-order valence-electron chi connectivity index (χ1n) is 8.59. The molecule has 0 radical (unpaired) electrons. The number of amides is 1. The van der Waals surface area contributed by atoms with Crippen molar-refractivity contribution in [2.24, 2.45) is 5.92 Å². The van der Waals surface area contributed by atoms with Gasteiger partial charge in [-0.2, -0.15) is 0 Å². The van der Waals surface area contributed by atoms with E-state index in [0.29, 0.717) is 49.5 Å². The molecule has 7 nitrogen and oxygen atoms in total. The number of nitrogen functional groups attached to an aromatic ring is 1. The maximum absolute atomic E-state index is 12.5. The largest absolute Gasteiger partial charge is 0.497 e. The number of carbonyl (C=O) groups is 1. The molecule has 1 aliphatic heterocycles. The summed E-state index contributed by atoms with van der Waals surface area (Å²) in [7, 11) is -1.66. The van der Waals surface area contributed by atoms with Crippen LogP contribution in [0.3, 0.4) is 0 Å². The topological polar surface area (TPSA) is 102 Å². The number of piperidine rings is 1. The van der Waals surface area contributed by atoms with Crippen molar-refractivity contribution in [1.29, 1.82) is 0 Å². The maximum atomic E-state index is 12.5. The quantitative estimate of drug-likeness (QED) is 0.716. The van der Waals surface area contributed by atoms with Crippen molar-refractivity contribution in [2.45, 2.75) is 32.6 Å². The predicted molar refractivity (Wildman–Crippen MR) is 99.0 cm³/mol. The number of sulfonamides is 1. The molecule has 1 amide bonds. The number of hydrogen-bond donors (Lipinski definition) is 2. The first-order valence-corrected chi connectivity index (χ1v) is 10.2. The summed E-state index contributed by atoms with van der Waals surface area (Å²) in [5, 5.41) is 2.83. The molecule has 8 heteroatoms. The summed E-state index contributed by atoms with van der Waals surface area (Å²) in [5.41, 5.74) is 6.87. The fourth-order valence-electron chi connectivity index (χ4n) is 2.86. The normalized spacial score (nSPS) is 16.6. The second-order valence-corrected chi connectivity index (χ2v) is 8.37. The highest BCUT2D eigenvalue weighted by molar-refractivity contribution is 7.89. The highest BCUT2D eigenvalue weighted by Crippen LogP contribution is 2.27. The van der Waals surface area contributed by atoms with E-state index >= 15 is 0 Å². The van der Waals surface area contributed by atoms with Gasteiger partial charge in [0.2, 0.25) is 15.9 Å². The van der Waals surface area contributed by atoms with Crippen LogP contribution in [0.4, 0.5) is 11.4 Å². The summed E-state index contributed by atoms with van der Waals surface area (Å²) in [6.07, 6.45) is 2.54. The molecule has 1 aliphatic rings. The van der Waals surface area contributed by atoms with Gasteiger partial charge >= 0.3 is 0 Å². The van der Waals surface area contributed by atoms with Gasteiger partial charge in [0.05, 0.1) is 24.2 Å². The first kappa shape index (κ1) is 19.5. The van der Waals surface area contributed by atoms with Gasteiger partial charge in [-0.15, -0.1) is 0 Å². The lowest BCUT2D eigenvalue weighted by molar-refractivity contribution is -0.120. The molecule has 3 N–H and O–H groups in total. The molecule has 1 heterocycles. The molecule has 1 aromatic carbocycles. The Kier molecular flexibility index (Phi) is 6.66. The van der Waals surface area contributed by atoms with Crippen molar-refractivity contribution in [1.82, 2.24) is 4.31 Å². The Balaban J connectivity index is 1.93. The predicted octanol–water partition coefficient (Wildman–Crippen LogP) is 2.06. The molecule has 140 valence electrons. The molecule has 0 saturated carbocycles. The van der Waals surface area contributed by atoms with Gasteiger partial charge < -0.3 is 15.8 Å². The Morgan fingerprint density at radius 1 is 1.36 bits per heavy atom. The molecule has 2 rings (SSSR count). The number of nitrogens with one attached hydrogen (secondary N) is 1. The minimum atomic E-state index is -3.20. The van der Waals surface area contributed by atoms with Crippen molar-refractivity contribution in [3.8, 4) is 5.75 Å². The number of methoxy groups -OCH3 is 1. The van der Waals surface area contributed by atoms with Gasteiger partial charge in [0, 0.05) is 25.1 Å². The lowest BCUT2D eigenvalue weighted by atomic mass is 9.97. The molecule has 0 spiro atoms. The standard InChI is InChI=1S/C17H27N3O4S/c1-3-4-11-25(22,23)20-9-7-13(8-10-20)17(21)19-16-12-14(24-2)5-6-15(16)18/h5-6,12-13H,3-4,7-11,18H2,1-2H3,(H,19,21). The number of hydrogen-bond acceptors (Lipinski definition) is 5. The lowest BCUT2D eigenvalue weighted by Crippen LogP contribution is -2.42. The number of ether oxygens (including phenoxy) is 1. The highest BCUT2D eigenvalue weighted by Gasteiger charge is 2.30. The van der Waals surface area contributed by atoms with E-state index in [0.717, 1.165) is 6.42 Å². The number of unbranched alkanes of at least 4 members (excludes halogenated alkanes) is 1. The Morgan fingerprint density at radius 3 is 2.64 bits per heavy atom. The van der Waals surface area contributed by atoms with Gasteiger partial charge in [0.1, 0.15) is 5.75 Å². The van der Waals surface area contributed by atoms with Crippen LogP contribution in [0.5, 0.6) is 5.75 Å². The van der Waals surface area contributed by atoms with Crippen LogP contribution in [-0.4, -0.2) is 44.6 Å². The monoisotopic (exact) mass is 369 g/mol. The zero-order valence-electron chi connectivity index (χ0n) is 14.8. The fraction of sp³-hybridized carbons (Fsp3) is 0.588. The molecule has 0 atom stereocenters. The Labute approximate surface area is 149 Å². The van der Waals surface area contributed by atoms with Crippen molar-refractivity contribution < 1.29 is 17.9 Å². The smallest absolute Gasteiger partial charge is 0.227 e. The summed E-state index contributed by atoms with van der Waals surface area (Å²) in [6, 6.07) is 5.08. The number of anilines is 2. The number of nitrogens with zero attached hydrogens (tertiary/aromatic N) is 1. The first-order chi connectivity index (χ1) is 11.9. The van der Waals surface area contributed by atoms with Crippen LogP contribution in [0.15, 0.2) is 18.2 Å². The molecule has 1 fully saturated rings. The van der Waals surface area contributed by atoms with Gasteiger partial charge in [-0.3, -0.25) is 4.79 Å². The van der Waals surface area contributed by atoms with E-state index < -0.39 is 10.0 Å². The molecule has 1 aromatic rings. The zero-order chi connectivity index (χ0) is 18.4. The minimum Gasteiger partial charge on any atom is -0.497 e. The van der Waals surface area contributed by atoms with Crippen molar-refractivity contribution in [2.75, 3.05) is 37.0 Å². The molecule has 0 unspecified atom stereocenters. The lowest BCUT2D eigenvalue weighted by Gasteiger charge is -2.30. The third-order valence-corrected chi connectivity index (χ3v) is 6.45. The maximum Gasteiger partial charge on any atom is 0.227 e. The summed E-state index contributed by atoms with van der Waals surface area (Å²) >= 11 is 0. The SMILES string of the molecule is CCCCS(=O)(=O)N1CCC(C(=O)Nc2cc(OC)ccc2N)CC1. The van der Waals surface area contributed by atoms with Gasteiger partial charge in [0.15, 0.2) is 0 Å². The number of rotatable bonds is 7. The number of benzene rings is 1. The van der Waals surface area contributed by atoms with Crippen molar-refractivity contribution in [3.05, 3.63) is 18.2 Å². The summed E-state index contributed by atoms with van der Waals surface area (Å²) in [5.74, 6) is 0.441. The fourth-order valence-corrected chi connectivity index (χ4v) is 4.54. The molecule has 0 bridgehead atoms.